The van der Waals surface area contributed by atoms with E-state index in [1.54, 1.807) is 0 Å². The Bertz CT molecular complexity index is 609. The highest BCUT2D eigenvalue weighted by atomic mass is 15.1. The van der Waals surface area contributed by atoms with Crippen molar-refractivity contribution in [3.05, 3.63) is 52.8 Å². The fourth-order valence-corrected chi connectivity index (χ4v) is 2.82. The van der Waals surface area contributed by atoms with Gasteiger partial charge in [0, 0.05) is 37.8 Å². The highest BCUT2D eigenvalue weighted by Crippen LogP contribution is 2.20. The maximum atomic E-state index is 5.64. The van der Waals surface area contributed by atoms with Gasteiger partial charge in [-0.3, -0.25) is 4.90 Å². The molecule has 0 aliphatic carbocycles. The number of rotatable bonds is 3. The molecule has 1 aliphatic rings. The smallest absolute Gasteiger partial charge is 0.220 e. The maximum Gasteiger partial charge on any atom is 0.220 e. The Hall–Kier alpha value is -1.94. The van der Waals surface area contributed by atoms with E-state index in [2.05, 4.69) is 46.1 Å². The molecule has 0 fully saturated rings. The maximum absolute atomic E-state index is 5.64. The van der Waals surface area contributed by atoms with Crippen LogP contribution in [0.1, 0.15) is 29.3 Å². The Balaban J connectivity index is 1.76. The summed E-state index contributed by atoms with van der Waals surface area (Å²) < 4.78 is 0. The molecular formula is C16H20N4. The van der Waals surface area contributed by atoms with E-state index in [0.717, 1.165) is 38.2 Å². The number of anilines is 1. The molecule has 0 radical (unpaired) electrons. The normalized spacial score (nSPS) is 15.1. The van der Waals surface area contributed by atoms with Crippen LogP contribution < -0.4 is 5.73 Å². The molecule has 0 bridgehead atoms. The summed E-state index contributed by atoms with van der Waals surface area (Å²) in [4.78, 5) is 10.9. The summed E-state index contributed by atoms with van der Waals surface area (Å²) in [6, 6.07) is 8.69. The third kappa shape index (κ3) is 2.65. The molecule has 2 heterocycles. The Morgan fingerprint density at radius 2 is 2.05 bits per heavy atom. The van der Waals surface area contributed by atoms with Crippen molar-refractivity contribution in [2.24, 2.45) is 0 Å². The van der Waals surface area contributed by atoms with Crippen molar-refractivity contribution in [3.8, 4) is 0 Å². The zero-order valence-corrected chi connectivity index (χ0v) is 11.8. The number of benzene rings is 1. The molecule has 0 saturated carbocycles. The van der Waals surface area contributed by atoms with Gasteiger partial charge in [-0.15, -0.1) is 0 Å². The lowest BCUT2D eigenvalue weighted by Crippen LogP contribution is -2.31. The van der Waals surface area contributed by atoms with Gasteiger partial charge in [-0.1, -0.05) is 31.2 Å². The van der Waals surface area contributed by atoms with Crippen molar-refractivity contribution in [3.63, 3.8) is 0 Å². The molecule has 4 heteroatoms. The molecule has 2 N–H and O–H groups in total. The zero-order valence-electron chi connectivity index (χ0n) is 11.8. The van der Waals surface area contributed by atoms with E-state index in [0.29, 0.717) is 5.95 Å². The summed E-state index contributed by atoms with van der Waals surface area (Å²) in [6.45, 7) is 5.14. The van der Waals surface area contributed by atoms with E-state index >= 15 is 0 Å². The summed E-state index contributed by atoms with van der Waals surface area (Å²) in [6.07, 6.45) is 3.91. The van der Waals surface area contributed by atoms with Crippen molar-refractivity contribution in [1.82, 2.24) is 14.9 Å². The topological polar surface area (TPSA) is 55.0 Å². The lowest BCUT2D eigenvalue weighted by molar-refractivity contribution is 0.242. The third-order valence-corrected chi connectivity index (χ3v) is 3.92. The molecule has 0 saturated heterocycles. The summed E-state index contributed by atoms with van der Waals surface area (Å²) in [5.74, 6) is 0.383. The van der Waals surface area contributed by atoms with Gasteiger partial charge in [-0.25, -0.2) is 9.97 Å². The van der Waals surface area contributed by atoms with Gasteiger partial charge in [0.1, 0.15) is 0 Å². The summed E-state index contributed by atoms with van der Waals surface area (Å²) in [5.41, 5.74) is 10.8. The van der Waals surface area contributed by atoms with Crippen LogP contribution >= 0.6 is 0 Å². The Morgan fingerprint density at radius 1 is 1.25 bits per heavy atom. The molecule has 1 aromatic carbocycles. The Labute approximate surface area is 119 Å². The molecule has 3 rings (SSSR count). The van der Waals surface area contributed by atoms with E-state index in [1.807, 2.05) is 6.20 Å². The van der Waals surface area contributed by atoms with Gasteiger partial charge >= 0.3 is 0 Å². The zero-order chi connectivity index (χ0) is 13.9. The highest BCUT2D eigenvalue weighted by Gasteiger charge is 2.18. The first-order valence-corrected chi connectivity index (χ1v) is 7.15. The number of aryl methyl sites for hydroxylation is 1. The van der Waals surface area contributed by atoms with Crippen molar-refractivity contribution in [1.29, 1.82) is 0 Å². The minimum atomic E-state index is 0.383. The van der Waals surface area contributed by atoms with Gasteiger partial charge < -0.3 is 5.73 Å². The fourth-order valence-electron chi connectivity index (χ4n) is 2.82. The Morgan fingerprint density at radius 3 is 2.85 bits per heavy atom. The van der Waals surface area contributed by atoms with E-state index in [9.17, 15) is 0 Å². The first-order valence-electron chi connectivity index (χ1n) is 7.15. The summed E-state index contributed by atoms with van der Waals surface area (Å²) in [7, 11) is 0. The van der Waals surface area contributed by atoms with Gasteiger partial charge in [-0.2, -0.15) is 0 Å². The molecule has 0 atom stereocenters. The lowest BCUT2D eigenvalue weighted by atomic mass is 10.0. The predicted molar refractivity (Wildman–Crippen MR) is 80.1 cm³/mol. The first-order chi connectivity index (χ1) is 9.76. The van der Waals surface area contributed by atoms with Crippen LogP contribution in [0.4, 0.5) is 5.95 Å². The molecule has 1 aliphatic heterocycles. The predicted octanol–water partition coefficient (Wildman–Crippen LogP) is 2.18. The van der Waals surface area contributed by atoms with Crippen molar-refractivity contribution in [2.45, 2.75) is 32.9 Å². The van der Waals surface area contributed by atoms with Gasteiger partial charge in [-0.05, 0) is 17.5 Å². The van der Waals surface area contributed by atoms with Crippen LogP contribution in [0.3, 0.4) is 0 Å². The molecule has 104 valence electrons. The monoisotopic (exact) mass is 268 g/mol. The standard InChI is InChI=1S/C16H20N4/c1-2-12-5-3-4-6-13(12)10-20-8-7-15-14(11-20)9-18-16(17)19-15/h3-6,9H,2,7-8,10-11H2,1H3,(H2,17,18,19). The molecule has 0 unspecified atom stereocenters. The van der Waals surface area contributed by atoms with Crippen molar-refractivity contribution >= 4 is 5.95 Å². The first kappa shape index (κ1) is 13.1. The van der Waals surface area contributed by atoms with E-state index in [4.69, 9.17) is 5.73 Å². The molecule has 0 amide bonds. The number of fused-ring (bicyclic) bond motifs is 1. The summed E-state index contributed by atoms with van der Waals surface area (Å²) >= 11 is 0. The molecular weight excluding hydrogens is 248 g/mol. The molecule has 4 nitrogen and oxygen atoms in total. The summed E-state index contributed by atoms with van der Waals surface area (Å²) in [5, 5.41) is 0. The second-order valence-electron chi connectivity index (χ2n) is 5.28. The average molecular weight is 268 g/mol. The molecule has 2 aromatic rings. The van der Waals surface area contributed by atoms with Crippen LogP contribution in [0.2, 0.25) is 0 Å². The van der Waals surface area contributed by atoms with Crippen LogP contribution in [0, 0.1) is 0 Å². The van der Waals surface area contributed by atoms with Crippen molar-refractivity contribution in [2.75, 3.05) is 12.3 Å². The molecule has 1 aromatic heterocycles. The Kier molecular flexibility index (Phi) is 3.65. The SMILES string of the molecule is CCc1ccccc1CN1CCc2nc(N)ncc2C1. The van der Waals surface area contributed by atoms with E-state index in [-0.39, 0.29) is 0 Å². The van der Waals surface area contributed by atoms with Crippen molar-refractivity contribution < 1.29 is 0 Å². The second kappa shape index (κ2) is 5.59. The number of nitrogens with two attached hydrogens (primary N) is 1. The van der Waals surface area contributed by atoms with Crippen LogP contribution in [0.25, 0.3) is 0 Å². The lowest BCUT2D eigenvalue weighted by Gasteiger charge is -2.28. The van der Waals surface area contributed by atoms with Gasteiger partial charge in [0.15, 0.2) is 0 Å². The van der Waals surface area contributed by atoms with Gasteiger partial charge in [0.05, 0.1) is 5.69 Å². The quantitative estimate of drug-likeness (QED) is 0.927. The van der Waals surface area contributed by atoms with E-state index in [1.165, 1.54) is 16.7 Å². The van der Waals surface area contributed by atoms with Crippen LogP contribution in [0.5, 0.6) is 0 Å². The number of nitrogen functional groups attached to an aromatic ring is 1. The third-order valence-electron chi connectivity index (χ3n) is 3.92. The van der Waals surface area contributed by atoms with Gasteiger partial charge in [0.2, 0.25) is 5.95 Å². The fraction of sp³-hybridized carbons (Fsp3) is 0.375. The van der Waals surface area contributed by atoms with Gasteiger partial charge in [0.25, 0.3) is 0 Å². The molecule has 20 heavy (non-hydrogen) atoms. The minimum absolute atomic E-state index is 0.383. The van der Waals surface area contributed by atoms with Crippen LogP contribution in [-0.4, -0.2) is 21.4 Å². The number of aromatic nitrogens is 2. The highest BCUT2D eigenvalue weighted by molar-refractivity contribution is 5.29. The minimum Gasteiger partial charge on any atom is -0.368 e. The van der Waals surface area contributed by atoms with E-state index < -0.39 is 0 Å². The van der Waals surface area contributed by atoms with Crippen LogP contribution in [0.15, 0.2) is 30.5 Å². The van der Waals surface area contributed by atoms with Crippen LogP contribution in [-0.2, 0) is 25.9 Å². The number of nitrogens with zero attached hydrogens (tertiary/aromatic N) is 3. The molecule has 0 spiro atoms. The second-order valence-corrected chi connectivity index (χ2v) is 5.28. The average Bonchev–Trinajstić information content (AvgIpc) is 2.48. The number of hydrogen-bond acceptors (Lipinski definition) is 4. The number of hydrogen-bond donors (Lipinski definition) is 1. The largest absolute Gasteiger partial charge is 0.368 e.